The predicted octanol–water partition coefficient (Wildman–Crippen LogP) is 1.28. The van der Waals surface area contributed by atoms with Gasteiger partial charge in [0, 0.05) is 17.6 Å². The van der Waals surface area contributed by atoms with Gasteiger partial charge in [-0.2, -0.15) is 0 Å². The maximum absolute atomic E-state index is 9.56. The smallest absolute Gasteiger partial charge is 0.0946 e. The Kier molecular flexibility index (Phi) is 5.50. The van der Waals surface area contributed by atoms with Crippen molar-refractivity contribution in [1.29, 1.82) is 0 Å². The van der Waals surface area contributed by atoms with Gasteiger partial charge in [0.2, 0.25) is 0 Å². The second-order valence-corrected chi connectivity index (χ2v) is 4.34. The van der Waals surface area contributed by atoms with Crippen LogP contribution in [0.1, 0.15) is 11.3 Å². The molecule has 0 atom stereocenters. The standard InChI is InChI=1S/C7H10N2.C2H6OS/c1-5-6(2)9-4-3-7(5)8;1-4(2)3/h3-4H,1-2H3,(H2,8,9);1-2H3. The quantitative estimate of drug-likeness (QED) is 0.642. The van der Waals surface area contributed by atoms with Gasteiger partial charge in [-0.3, -0.25) is 4.98 Å². The fourth-order valence-electron chi connectivity index (χ4n) is 0.660. The Bertz CT molecular complexity index is 241. The summed E-state index contributed by atoms with van der Waals surface area (Å²) in [7, 11) is 0. The average molecular weight is 200 g/mol. The van der Waals surface area contributed by atoms with Gasteiger partial charge in [-0.15, -0.1) is 0 Å². The van der Waals surface area contributed by atoms with E-state index in [0.29, 0.717) is 0 Å². The van der Waals surface area contributed by atoms with Crippen molar-refractivity contribution in [1.82, 2.24) is 4.98 Å². The summed E-state index contributed by atoms with van der Waals surface area (Å²) in [4.78, 5) is 4.06. The third-order valence-electron chi connectivity index (χ3n) is 1.50. The Morgan fingerprint density at radius 1 is 1.38 bits per heavy atom. The summed E-state index contributed by atoms with van der Waals surface area (Å²) in [6, 6.07) is 1.81. The van der Waals surface area contributed by atoms with Gasteiger partial charge in [0.1, 0.15) is 0 Å². The maximum atomic E-state index is 9.56. The molecule has 0 radical (unpaired) electrons. The molecule has 3 nitrogen and oxygen atoms in total. The van der Waals surface area contributed by atoms with Crippen molar-refractivity contribution in [3.8, 4) is 0 Å². The molecule has 1 heterocycles. The van der Waals surface area contributed by atoms with Gasteiger partial charge in [0.25, 0.3) is 0 Å². The van der Waals surface area contributed by atoms with Crippen molar-refractivity contribution in [3.05, 3.63) is 23.5 Å². The summed E-state index contributed by atoms with van der Waals surface area (Å²) >= 11 is -0.611. The molecule has 1 rings (SSSR count). The molecule has 74 valence electrons. The van der Waals surface area contributed by atoms with Gasteiger partial charge < -0.3 is 10.3 Å². The van der Waals surface area contributed by atoms with Crippen molar-refractivity contribution in [2.75, 3.05) is 18.2 Å². The van der Waals surface area contributed by atoms with E-state index in [0.717, 1.165) is 16.9 Å². The zero-order chi connectivity index (χ0) is 10.4. The van der Waals surface area contributed by atoms with Crippen LogP contribution in [0.4, 0.5) is 5.69 Å². The van der Waals surface area contributed by atoms with Crippen LogP contribution in [0.3, 0.4) is 0 Å². The molecule has 0 aliphatic heterocycles. The molecule has 0 aromatic carbocycles. The summed E-state index contributed by atoms with van der Waals surface area (Å²) in [6.45, 7) is 3.92. The van der Waals surface area contributed by atoms with E-state index in [1.54, 1.807) is 18.7 Å². The van der Waals surface area contributed by atoms with Gasteiger partial charge in [-0.25, -0.2) is 0 Å². The van der Waals surface area contributed by atoms with Crippen molar-refractivity contribution in [2.45, 2.75) is 13.8 Å². The molecule has 0 aliphatic rings. The Labute approximate surface area is 82.6 Å². The number of aromatic nitrogens is 1. The third-order valence-corrected chi connectivity index (χ3v) is 1.50. The summed E-state index contributed by atoms with van der Waals surface area (Å²) < 4.78 is 9.56. The highest BCUT2D eigenvalue weighted by Crippen LogP contribution is 2.10. The molecule has 0 saturated carbocycles. The topological polar surface area (TPSA) is 62.0 Å². The largest absolute Gasteiger partial charge is 0.617 e. The van der Waals surface area contributed by atoms with Gasteiger partial charge in [0.15, 0.2) is 0 Å². The predicted molar refractivity (Wildman–Crippen MR) is 58.1 cm³/mol. The molecule has 0 unspecified atom stereocenters. The van der Waals surface area contributed by atoms with Crippen LogP contribution in [0.15, 0.2) is 12.3 Å². The molecular formula is C9H16N2OS. The number of nitrogen functional groups attached to an aromatic ring is 1. The van der Waals surface area contributed by atoms with E-state index < -0.39 is 11.2 Å². The summed E-state index contributed by atoms with van der Waals surface area (Å²) in [5.41, 5.74) is 8.49. The summed E-state index contributed by atoms with van der Waals surface area (Å²) in [5, 5.41) is 0. The monoisotopic (exact) mass is 200 g/mol. The number of aryl methyl sites for hydroxylation is 1. The van der Waals surface area contributed by atoms with Crippen molar-refractivity contribution in [3.63, 3.8) is 0 Å². The van der Waals surface area contributed by atoms with Crippen LogP contribution in [-0.4, -0.2) is 22.0 Å². The highest BCUT2D eigenvalue weighted by molar-refractivity contribution is 7.89. The molecule has 4 heteroatoms. The highest BCUT2D eigenvalue weighted by Gasteiger charge is 1.94. The zero-order valence-corrected chi connectivity index (χ0v) is 9.31. The van der Waals surface area contributed by atoms with Crippen molar-refractivity contribution < 1.29 is 4.55 Å². The molecule has 0 amide bonds. The summed E-state index contributed by atoms with van der Waals surface area (Å²) in [5.74, 6) is 0. The van der Waals surface area contributed by atoms with Gasteiger partial charge in [0.05, 0.1) is 12.5 Å². The fourth-order valence-corrected chi connectivity index (χ4v) is 0.660. The molecule has 0 bridgehead atoms. The summed E-state index contributed by atoms with van der Waals surface area (Å²) in [6.07, 6.45) is 5.00. The van der Waals surface area contributed by atoms with Gasteiger partial charge in [-0.05, 0) is 25.5 Å². The van der Waals surface area contributed by atoms with Crippen molar-refractivity contribution in [2.24, 2.45) is 0 Å². The molecule has 0 aliphatic carbocycles. The zero-order valence-electron chi connectivity index (χ0n) is 8.50. The van der Waals surface area contributed by atoms with Crippen LogP contribution < -0.4 is 5.73 Å². The van der Waals surface area contributed by atoms with Crippen LogP contribution in [0, 0.1) is 13.8 Å². The molecule has 0 saturated heterocycles. The first-order valence-electron chi connectivity index (χ1n) is 3.88. The number of nitrogens with zero attached hydrogens (tertiary/aromatic N) is 1. The lowest BCUT2D eigenvalue weighted by molar-refractivity contribution is 0.606. The first kappa shape index (κ1) is 12.3. The fraction of sp³-hybridized carbons (Fsp3) is 0.444. The molecule has 0 fully saturated rings. The van der Waals surface area contributed by atoms with E-state index in [1.165, 1.54) is 0 Å². The van der Waals surface area contributed by atoms with Crippen LogP contribution in [0.25, 0.3) is 0 Å². The molecule has 1 aromatic heterocycles. The molecule has 1 aromatic rings. The van der Waals surface area contributed by atoms with Crippen LogP contribution >= 0.6 is 0 Å². The van der Waals surface area contributed by atoms with Crippen molar-refractivity contribution >= 4 is 16.9 Å². The van der Waals surface area contributed by atoms with Crippen LogP contribution in [0.2, 0.25) is 0 Å². The molecule has 2 N–H and O–H groups in total. The third kappa shape index (κ3) is 5.49. The number of hydrogen-bond acceptors (Lipinski definition) is 3. The Balaban J connectivity index is 0.000000310. The minimum absolute atomic E-state index is 0.611. The first-order valence-corrected chi connectivity index (χ1v) is 5.84. The lowest BCUT2D eigenvalue weighted by atomic mass is 10.2. The lowest BCUT2D eigenvalue weighted by Gasteiger charge is -1.99. The van der Waals surface area contributed by atoms with E-state index in [4.69, 9.17) is 5.73 Å². The van der Waals surface area contributed by atoms with E-state index >= 15 is 0 Å². The molecule has 13 heavy (non-hydrogen) atoms. The maximum Gasteiger partial charge on any atom is 0.0946 e. The van der Waals surface area contributed by atoms with Crippen LogP contribution in [0.5, 0.6) is 0 Å². The van der Waals surface area contributed by atoms with Crippen LogP contribution in [-0.2, 0) is 11.2 Å². The van der Waals surface area contributed by atoms with Gasteiger partial charge in [-0.1, -0.05) is 11.2 Å². The second-order valence-electron chi connectivity index (χ2n) is 2.85. The SMILES string of the molecule is C[S+](C)[O-].Cc1nccc(N)c1C. The normalized spacial score (nSPS) is 9.38. The Morgan fingerprint density at radius 2 is 1.85 bits per heavy atom. The number of hydrogen-bond donors (Lipinski definition) is 1. The van der Waals surface area contributed by atoms with E-state index in [1.807, 2.05) is 19.9 Å². The lowest BCUT2D eigenvalue weighted by Crippen LogP contribution is -1.93. The average Bonchev–Trinajstić information content (AvgIpc) is 1.99. The van der Waals surface area contributed by atoms with Gasteiger partial charge >= 0.3 is 0 Å². The second kappa shape index (κ2) is 5.83. The molecule has 0 spiro atoms. The first-order chi connectivity index (χ1) is 5.95. The number of pyridine rings is 1. The number of nitrogens with two attached hydrogens (primary N) is 1. The number of anilines is 1. The minimum atomic E-state index is -0.611. The Hall–Kier alpha value is -0.740. The van der Waals surface area contributed by atoms with E-state index in [2.05, 4.69) is 4.98 Å². The van der Waals surface area contributed by atoms with E-state index in [9.17, 15) is 4.55 Å². The highest BCUT2D eigenvalue weighted by atomic mass is 32.2. The minimum Gasteiger partial charge on any atom is -0.617 e. The van der Waals surface area contributed by atoms with E-state index in [-0.39, 0.29) is 0 Å². The number of rotatable bonds is 0. The molecular weight excluding hydrogens is 184 g/mol. The Morgan fingerprint density at radius 3 is 2.15 bits per heavy atom.